The van der Waals surface area contributed by atoms with Gasteiger partial charge < -0.3 is 15.4 Å². The average Bonchev–Trinajstić information content (AvgIpc) is 2.71. The summed E-state index contributed by atoms with van der Waals surface area (Å²) in [7, 11) is 0. The van der Waals surface area contributed by atoms with Gasteiger partial charge in [0.2, 0.25) is 0 Å². The van der Waals surface area contributed by atoms with Gasteiger partial charge in [0.05, 0.1) is 11.7 Å². The third-order valence-electron chi connectivity index (χ3n) is 8.19. The number of nitrogens with zero attached hydrogens (tertiary/aromatic N) is 1. The van der Waals surface area contributed by atoms with Crippen LogP contribution in [-0.4, -0.2) is 32.8 Å². The summed E-state index contributed by atoms with van der Waals surface area (Å²) in [6, 6.07) is 0. The van der Waals surface area contributed by atoms with Gasteiger partial charge in [0.25, 0.3) is 0 Å². The van der Waals surface area contributed by atoms with Gasteiger partial charge in [-0.3, -0.25) is 0 Å². The topological polar surface area (TPSA) is 73.1 Å². The van der Waals surface area contributed by atoms with Crippen LogP contribution < -0.4 is 0 Å². The molecule has 24 heavy (non-hydrogen) atoms. The van der Waals surface area contributed by atoms with E-state index in [9.17, 15) is 10.2 Å². The summed E-state index contributed by atoms with van der Waals surface area (Å²) in [4.78, 5) is 0. The SMILES string of the molecule is C[C@]12C=C/C(=N/O)C=C1CC[C@H]1[C@@H]3[C@@H](O)C[C@](C)(O)[C@@]3(C)CC[C@@H]12. The molecule has 0 spiro atoms. The lowest BCUT2D eigenvalue weighted by Gasteiger charge is -2.58. The number of aliphatic hydroxyl groups is 2. The van der Waals surface area contributed by atoms with Gasteiger partial charge in [-0.25, -0.2) is 0 Å². The second-order valence-corrected chi connectivity index (χ2v) is 9.15. The van der Waals surface area contributed by atoms with E-state index >= 15 is 0 Å². The van der Waals surface area contributed by atoms with Crippen molar-refractivity contribution in [3.8, 4) is 0 Å². The summed E-state index contributed by atoms with van der Waals surface area (Å²) in [5.74, 6) is 1.09. The zero-order chi connectivity index (χ0) is 17.3. The van der Waals surface area contributed by atoms with Crippen molar-refractivity contribution in [2.24, 2.45) is 33.7 Å². The maximum Gasteiger partial charge on any atom is 0.102 e. The fraction of sp³-hybridized carbons (Fsp3) is 0.750. The van der Waals surface area contributed by atoms with E-state index in [0.29, 0.717) is 24.0 Å². The Kier molecular flexibility index (Phi) is 3.37. The van der Waals surface area contributed by atoms with Crippen LogP contribution in [-0.2, 0) is 0 Å². The number of hydrogen-bond donors (Lipinski definition) is 3. The van der Waals surface area contributed by atoms with Crippen molar-refractivity contribution in [1.82, 2.24) is 0 Å². The van der Waals surface area contributed by atoms with Crippen LogP contribution in [0.25, 0.3) is 0 Å². The molecule has 4 rings (SSSR count). The Labute approximate surface area is 144 Å². The van der Waals surface area contributed by atoms with Crippen LogP contribution in [0.15, 0.2) is 29.0 Å². The molecule has 4 aliphatic rings. The van der Waals surface area contributed by atoms with Crippen LogP contribution in [0, 0.1) is 28.6 Å². The highest BCUT2D eigenvalue weighted by atomic mass is 16.4. The minimum atomic E-state index is -0.780. The zero-order valence-electron chi connectivity index (χ0n) is 14.9. The van der Waals surface area contributed by atoms with Crippen LogP contribution in [0.3, 0.4) is 0 Å². The Hall–Kier alpha value is -1.13. The molecule has 0 radical (unpaired) electrons. The molecule has 3 saturated carbocycles. The summed E-state index contributed by atoms with van der Waals surface area (Å²) >= 11 is 0. The molecule has 3 fully saturated rings. The second kappa shape index (κ2) is 4.95. The lowest BCUT2D eigenvalue weighted by molar-refractivity contribution is -0.119. The van der Waals surface area contributed by atoms with Crippen LogP contribution in [0.4, 0.5) is 0 Å². The Morgan fingerprint density at radius 1 is 1.21 bits per heavy atom. The van der Waals surface area contributed by atoms with Crippen molar-refractivity contribution in [1.29, 1.82) is 0 Å². The molecular formula is C20H29NO3. The predicted molar refractivity (Wildman–Crippen MR) is 92.8 cm³/mol. The Bertz CT molecular complexity index is 649. The van der Waals surface area contributed by atoms with Gasteiger partial charge in [-0.05, 0) is 62.5 Å². The molecule has 0 aromatic carbocycles. The van der Waals surface area contributed by atoms with Gasteiger partial charge in [0, 0.05) is 17.3 Å². The van der Waals surface area contributed by atoms with Crippen molar-refractivity contribution >= 4 is 5.71 Å². The highest BCUT2D eigenvalue weighted by molar-refractivity contribution is 6.05. The summed E-state index contributed by atoms with van der Waals surface area (Å²) in [6.45, 7) is 6.39. The van der Waals surface area contributed by atoms with E-state index in [0.717, 1.165) is 25.7 Å². The van der Waals surface area contributed by atoms with Crippen molar-refractivity contribution in [2.75, 3.05) is 0 Å². The molecule has 0 aromatic heterocycles. The predicted octanol–water partition coefficient (Wildman–Crippen LogP) is 3.28. The third kappa shape index (κ3) is 1.90. The average molecular weight is 331 g/mol. The van der Waals surface area contributed by atoms with E-state index in [1.807, 2.05) is 19.1 Å². The summed E-state index contributed by atoms with van der Waals surface area (Å²) in [6.07, 6.45) is 10.3. The molecule has 0 saturated heterocycles. The van der Waals surface area contributed by atoms with Gasteiger partial charge in [-0.2, -0.15) is 0 Å². The van der Waals surface area contributed by atoms with Crippen LogP contribution in [0.1, 0.15) is 52.9 Å². The smallest absolute Gasteiger partial charge is 0.102 e. The number of allylic oxidation sites excluding steroid dienone is 4. The first-order chi connectivity index (χ1) is 11.2. The van der Waals surface area contributed by atoms with E-state index in [2.05, 4.69) is 25.1 Å². The fourth-order valence-electron chi connectivity index (χ4n) is 6.63. The molecule has 0 heterocycles. The molecule has 0 aromatic rings. The minimum absolute atomic E-state index is 0.0212. The number of oxime groups is 1. The monoisotopic (exact) mass is 331 g/mol. The van der Waals surface area contributed by atoms with Gasteiger partial charge in [0.1, 0.15) is 5.71 Å². The first kappa shape index (κ1) is 16.3. The van der Waals surface area contributed by atoms with Gasteiger partial charge in [-0.15, -0.1) is 0 Å². The highest BCUT2D eigenvalue weighted by Crippen LogP contribution is 2.66. The van der Waals surface area contributed by atoms with E-state index in [-0.39, 0.29) is 16.7 Å². The molecular weight excluding hydrogens is 302 g/mol. The number of aliphatic hydroxyl groups excluding tert-OH is 1. The van der Waals surface area contributed by atoms with E-state index in [1.54, 1.807) is 0 Å². The highest BCUT2D eigenvalue weighted by Gasteiger charge is 2.65. The molecule has 7 atom stereocenters. The molecule has 0 bridgehead atoms. The van der Waals surface area contributed by atoms with E-state index < -0.39 is 11.7 Å². The Morgan fingerprint density at radius 3 is 2.67 bits per heavy atom. The fourth-order valence-corrected chi connectivity index (χ4v) is 6.63. The normalized spacial score (nSPS) is 54.9. The summed E-state index contributed by atoms with van der Waals surface area (Å²) < 4.78 is 0. The van der Waals surface area contributed by atoms with Crippen molar-refractivity contribution in [2.45, 2.75) is 64.6 Å². The molecule has 3 N–H and O–H groups in total. The molecule has 132 valence electrons. The second-order valence-electron chi connectivity index (χ2n) is 9.15. The first-order valence-corrected chi connectivity index (χ1v) is 9.26. The summed E-state index contributed by atoms with van der Waals surface area (Å²) in [5.41, 5.74) is 0.985. The number of hydrogen-bond acceptors (Lipinski definition) is 4. The molecule has 0 amide bonds. The standard InChI is InChI=1S/C20H29NO3/c1-18-8-6-13(21-24)10-12(18)4-5-14-15(18)7-9-19(2)17(14)16(22)11-20(19,3)23/h6,8,10,14-17,22-24H,4-5,7,9,11H2,1-3H3/b21-13-/t14-,15+,16+,17-,18+,19+,20+/m1/s1. The van der Waals surface area contributed by atoms with Gasteiger partial charge in [0.15, 0.2) is 0 Å². The van der Waals surface area contributed by atoms with Gasteiger partial charge >= 0.3 is 0 Å². The lowest BCUT2D eigenvalue weighted by Crippen LogP contribution is -2.54. The van der Waals surface area contributed by atoms with E-state index in [1.165, 1.54) is 5.57 Å². The molecule has 0 aliphatic heterocycles. The molecule has 4 aliphatic carbocycles. The first-order valence-electron chi connectivity index (χ1n) is 9.26. The quantitative estimate of drug-likeness (QED) is 0.471. The van der Waals surface area contributed by atoms with Crippen LogP contribution >= 0.6 is 0 Å². The Morgan fingerprint density at radius 2 is 1.96 bits per heavy atom. The van der Waals surface area contributed by atoms with Crippen molar-refractivity contribution < 1.29 is 15.4 Å². The molecule has 0 unspecified atom stereocenters. The van der Waals surface area contributed by atoms with E-state index in [4.69, 9.17) is 5.21 Å². The van der Waals surface area contributed by atoms with Crippen LogP contribution in [0.5, 0.6) is 0 Å². The third-order valence-corrected chi connectivity index (χ3v) is 8.19. The maximum atomic E-state index is 10.9. The van der Waals surface area contributed by atoms with Crippen molar-refractivity contribution in [3.63, 3.8) is 0 Å². The number of rotatable bonds is 0. The maximum absolute atomic E-state index is 10.9. The molecule has 4 heteroatoms. The largest absolute Gasteiger partial charge is 0.410 e. The Balaban J connectivity index is 1.73. The summed E-state index contributed by atoms with van der Waals surface area (Å²) in [5, 5.41) is 34.2. The zero-order valence-corrected chi connectivity index (χ0v) is 14.9. The minimum Gasteiger partial charge on any atom is -0.410 e. The lowest BCUT2D eigenvalue weighted by atomic mass is 9.47. The van der Waals surface area contributed by atoms with Gasteiger partial charge in [-0.1, -0.05) is 30.7 Å². The molecule has 4 nitrogen and oxygen atoms in total. The number of fused-ring (bicyclic) bond motifs is 5. The van der Waals surface area contributed by atoms with Crippen LogP contribution in [0.2, 0.25) is 0 Å². The van der Waals surface area contributed by atoms with Crippen molar-refractivity contribution in [3.05, 3.63) is 23.8 Å².